The molecule has 2 N–H and O–H groups in total. The van der Waals surface area contributed by atoms with Gasteiger partial charge in [0.05, 0.1) is 12.1 Å². The van der Waals surface area contributed by atoms with Crippen molar-refractivity contribution in [3.8, 4) is 0 Å². The first kappa shape index (κ1) is 16.0. The Morgan fingerprint density at radius 2 is 2.04 bits per heavy atom. The van der Waals surface area contributed by atoms with Gasteiger partial charge in [0.2, 0.25) is 5.91 Å². The lowest BCUT2D eigenvalue weighted by Gasteiger charge is -2.04. The molecule has 0 unspecified atom stereocenters. The zero-order valence-electron chi connectivity index (χ0n) is 13.8. The largest absolute Gasteiger partial charge is 0.322 e. The molecule has 0 radical (unpaired) electrons. The molecule has 5 nitrogen and oxygen atoms in total. The molecule has 2 heterocycles. The summed E-state index contributed by atoms with van der Waals surface area (Å²) >= 11 is 1.57. The molecule has 128 valence electrons. The summed E-state index contributed by atoms with van der Waals surface area (Å²) in [6.07, 6.45) is 5.69. The highest BCUT2D eigenvalue weighted by molar-refractivity contribution is 7.15. The Kier molecular flexibility index (Phi) is 4.36. The minimum Gasteiger partial charge on any atom is -0.322 e. The number of nitrogens with one attached hydrogen (secondary N) is 2. The van der Waals surface area contributed by atoms with E-state index in [9.17, 15) is 9.59 Å². The Balaban J connectivity index is 1.51. The summed E-state index contributed by atoms with van der Waals surface area (Å²) in [6.45, 7) is 0. The molecular weight excluding hydrogens is 334 g/mol. The van der Waals surface area contributed by atoms with Crippen molar-refractivity contribution in [3.63, 3.8) is 0 Å². The summed E-state index contributed by atoms with van der Waals surface area (Å²) in [5.41, 5.74) is 2.15. The molecule has 1 aliphatic rings. The van der Waals surface area contributed by atoms with Gasteiger partial charge in [0, 0.05) is 16.0 Å². The van der Waals surface area contributed by atoms with E-state index in [0.29, 0.717) is 10.7 Å². The smallest absolute Gasteiger partial charge is 0.252 e. The number of benzene rings is 1. The van der Waals surface area contributed by atoms with Crippen LogP contribution in [0.5, 0.6) is 0 Å². The maximum absolute atomic E-state index is 12.4. The molecule has 6 heteroatoms. The fourth-order valence-electron chi connectivity index (χ4n) is 3.24. The quantitative estimate of drug-likeness (QED) is 0.708. The number of anilines is 1. The maximum atomic E-state index is 12.4. The summed E-state index contributed by atoms with van der Waals surface area (Å²) < 4.78 is 0. The van der Waals surface area contributed by atoms with E-state index < -0.39 is 0 Å². The Labute approximate surface area is 149 Å². The second-order valence-corrected chi connectivity index (χ2v) is 7.47. The fourth-order valence-corrected chi connectivity index (χ4v) is 4.31. The number of amides is 1. The van der Waals surface area contributed by atoms with Gasteiger partial charge in [0.1, 0.15) is 0 Å². The van der Waals surface area contributed by atoms with Gasteiger partial charge in [-0.05, 0) is 43.2 Å². The first-order chi connectivity index (χ1) is 12.2. The normalized spacial score (nSPS) is 14.1. The number of hydrogen-bond donors (Lipinski definition) is 2. The second kappa shape index (κ2) is 6.80. The van der Waals surface area contributed by atoms with E-state index in [4.69, 9.17) is 0 Å². The zero-order chi connectivity index (χ0) is 17.2. The molecular formula is C19H19N3O2S. The van der Waals surface area contributed by atoms with Crippen LogP contribution in [0.4, 0.5) is 5.13 Å². The number of hydrogen-bond acceptors (Lipinski definition) is 4. The minimum absolute atomic E-state index is 0.0460. The number of carbonyl (C=O) groups is 1. The summed E-state index contributed by atoms with van der Waals surface area (Å²) in [5.74, 6) is -0.204. The number of carbonyl (C=O) groups excluding carboxylic acids is 1. The second-order valence-electron chi connectivity index (χ2n) is 6.39. The first-order valence-electron chi connectivity index (χ1n) is 8.58. The molecule has 4 rings (SSSR count). The molecule has 1 amide bonds. The van der Waals surface area contributed by atoms with Gasteiger partial charge in [0.25, 0.3) is 5.56 Å². The van der Waals surface area contributed by atoms with Crippen molar-refractivity contribution in [1.82, 2.24) is 9.97 Å². The van der Waals surface area contributed by atoms with Gasteiger partial charge in [0.15, 0.2) is 5.13 Å². The van der Waals surface area contributed by atoms with Crippen molar-refractivity contribution in [2.75, 3.05) is 5.32 Å². The molecule has 1 aromatic carbocycles. The fraction of sp³-hybridized carbons (Fsp3) is 0.316. The Hall–Kier alpha value is -2.47. The third-order valence-electron chi connectivity index (χ3n) is 4.52. The van der Waals surface area contributed by atoms with Gasteiger partial charge in [-0.1, -0.05) is 24.6 Å². The summed E-state index contributed by atoms with van der Waals surface area (Å²) in [7, 11) is 0. The zero-order valence-corrected chi connectivity index (χ0v) is 14.6. The average molecular weight is 353 g/mol. The lowest BCUT2D eigenvalue weighted by molar-refractivity contribution is -0.115. The van der Waals surface area contributed by atoms with Crippen LogP contribution >= 0.6 is 11.3 Å². The molecule has 0 aliphatic heterocycles. The number of thiazole rings is 1. The molecule has 0 saturated heterocycles. The van der Waals surface area contributed by atoms with Crippen LogP contribution < -0.4 is 10.9 Å². The number of pyridine rings is 1. The van der Waals surface area contributed by atoms with Gasteiger partial charge in [-0.3, -0.25) is 9.59 Å². The van der Waals surface area contributed by atoms with Crippen molar-refractivity contribution in [2.45, 2.75) is 38.5 Å². The number of aromatic amines is 1. The average Bonchev–Trinajstić information content (AvgIpc) is 2.83. The van der Waals surface area contributed by atoms with Crippen LogP contribution in [0.3, 0.4) is 0 Å². The standard InChI is InChI=1S/C19H19N3O2S/c23-17(22-19-21-15-8-2-1-3-9-16(15)25-19)11-13-10-12-6-4-5-7-14(12)20-18(13)24/h4-7,10H,1-3,8-9,11H2,(H,20,24)(H,21,22,23). The number of nitrogens with zero attached hydrogens (tertiary/aromatic N) is 1. The van der Waals surface area contributed by atoms with E-state index in [0.717, 1.165) is 35.9 Å². The highest BCUT2D eigenvalue weighted by atomic mass is 32.1. The molecule has 25 heavy (non-hydrogen) atoms. The molecule has 0 saturated carbocycles. The molecule has 0 spiro atoms. The highest BCUT2D eigenvalue weighted by Gasteiger charge is 2.16. The number of para-hydroxylation sites is 1. The van der Waals surface area contributed by atoms with Crippen LogP contribution in [0.15, 0.2) is 35.1 Å². The van der Waals surface area contributed by atoms with Crippen LogP contribution in [-0.2, 0) is 24.1 Å². The number of rotatable bonds is 3. The predicted octanol–water partition coefficient (Wildman–Crippen LogP) is 3.43. The molecule has 0 atom stereocenters. The van der Waals surface area contributed by atoms with Crippen molar-refractivity contribution < 1.29 is 4.79 Å². The third-order valence-corrected chi connectivity index (χ3v) is 5.60. The Morgan fingerprint density at radius 3 is 2.96 bits per heavy atom. The van der Waals surface area contributed by atoms with Crippen LogP contribution in [0, 0.1) is 0 Å². The van der Waals surface area contributed by atoms with Gasteiger partial charge >= 0.3 is 0 Å². The van der Waals surface area contributed by atoms with Crippen LogP contribution in [0.1, 0.15) is 35.4 Å². The summed E-state index contributed by atoms with van der Waals surface area (Å²) in [6, 6.07) is 9.34. The predicted molar refractivity (Wildman–Crippen MR) is 100 cm³/mol. The molecule has 0 fully saturated rings. The van der Waals surface area contributed by atoms with Crippen molar-refractivity contribution >= 4 is 33.3 Å². The van der Waals surface area contributed by atoms with Crippen molar-refractivity contribution in [1.29, 1.82) is 0 Å². The van der Waals surface area contributed by atoms with Gasteiger partial charge in [-0.2, -0.15) is 0 Å². The van der Waals surface area contributed by atoms with E-state index in [1.165, 1.54) is 17.7 Å². The number of H-pyrrole nitrogens is 1. The van der Waals surface area contributed by atoms with Crippen molar-refractivity contribution in [3.05, 3.63) is 56.8 Å². The van der Waals surface area contributed by atoms with Crippen LogP contribution in [-0.4, -0.2) is 15.9 Å². The monoisotopic (exact) mass is 353 g/mol. The summed E-state index contributed by atoms with van der Waals surface area (Å²) in [4.78, 5) is 33.2. The van der Waals surface area contributed by atoms with Crippen LogP contribution in [0.25, 0.3) is 10.9 Å². The molecule has 1 aliphatic carbocycles. The Morgan fingerprint density at radius 1 is 1.20 bits per heavy atom. The molecule has 3 aromatic rings. The van der Waals surface area contributed by atoms with E-state index in [-0.39, 0.29) is 17.9 Å². The van der Waals surface area contributed by atoms with Gasteiger partial charge in [-0.15, -0.1) is 11.3 Å². The van der Waals surface area contributed by atoms with E-state index in [1.54, 1.807) is 17.4 Å². The van der Waals surface area contributed by atoms with E-state index in [1.807, 2.05) is 24.3 Å². The Bertz CT molecular complexity index is 966. The topological polar surface area (TPSA) is 74.8 Å². The molecule has 2 aromatic heterocycles. The SMILES string of the molecule is O=C(Cc1cc2ccccc2[nH]c1=O)Nc1nc2c(s1)CCCCC2. The van der Waals surface area contributed by atoms with Crippen molar-refractivity contribution in [2.24, 2.45) is 0 Å². The van der Waals surface area contributed by atoms with Gasteiger partial charge < -0.3 is 10.3 Å². The minimum atomic E-state index is -0.219. The molecule has 0 bridgehead atoms. The number of fused-ring (bicyclic) bond motifs is 2. The summed E-state index contributed by atoms with van der Waals surface area (Å²) in [5, 5.41) is 4.43. The third kappa shape index (κ3) is 3.49. The van der Waals surface area contributed by atoms with E-state index >= 15 is 0 Å². The number of aromatic nitrogens is 2. The highest BCUT2D eigenvalue weighted by Crippen LogP contribution is 2.28. The lowest BCUT2D eigenvalue weighted by atomic mass is 10.1. The van der Waals surface area contributed by atoms with Gasteiger partial charge in [-0.25, -0.2) is 4.98 Å². The first-order valence-corrected chi connectivity index (χ1v) is 9.40. The number of aryl methyl sites for hydroxylation is 2. The van der Waals surface area contributed by atoms with Crippen LogP contribution in [0.2, 0.25) is 0 Å². The maximum Gasteiger partial charge on any atom is 0.252 e. The lowest BCUT2D eigenvalue weighted by Crippen LogP contribution is -2.21. The van der Waals surface area contributed by atoms with E-state index in [2.05, 4.69) is 15.3 Å².